The Kier molecular flexibility index (Phi) is 5.92. The molecule has 17 heavy (non-hydrogen) atoms. The van der Waals surface area contributed by atoms with Crippen LogP contribution >= 0.6 is 0 Å². The van der Waals surface area contributed by atoms with E-state index in [0.29, 0.717) is 12.1 Å². The molecule has 1 fully saturated rings. The van der Waals surface area contributed by atoms with Crippen molar-refractivity contribution in [3.8, 4) is 0 Å². The zero-order valence-electron chi connectivity index (χ0n) is 11.4. The highest BCUT2D eigenvalue weighted by Crippen LogP contribution is 2.22. The number of nitrogens with zero attached hydrogens (tertiary/aromatic N) is 1. The minimum atomic E-state index is -0.0409. The van der Waals surface area contributed by atoms with Gasteiger partial charge in [-0.05, 0) is 46.1 Å². The van der Waals surface area contributed by atoms with Gasteiger partial charge < -0.3 is 11.1 Å². The summed E-state index contributed by atoms with van der Waals surface area (Å²) < 4.78 is 0. The van der Waals surface area contributed by atoms with Crippen LogP contribution in [0.4, 0.5) is 0 Å². The quantitative estimate of drug-likeness (QED) is 0.758. The smallest absolute Gasteiger partial charge is 0.237 e. The largest absolute Gasteiger partial charge is 0.355 e. The number of hydrogen-bond acceptors (Lipinski definition) is 3. The summed E-state index contributed by atoms with van der Waals surface area (Å²) in [4.78, 5) is 14.1. The summed E-state index contributed by atoms with van der Waals surface area (Å²) in [5.41, 5.74) is 5.90. The summed E-state index contributed by atoms with van der Waals surface area (Å²) in [5, 5.41) is 2.96. The average molecular weight is 241 g/mol. The van der Waals surface area contributed by atoms with Crippen LogP contribution in [0.3, 0.4) is 0 Å². The number of carbonyl (C=O) groups is 1. The minimum absolute atomic E-state index is 0.0409. The third kappa shape index (κ3) is 4.28. The summed E-state index contributed by atoms with van der Waals surface area (Å²) in [7, 11) is 2.05. The summed E-state index contributed by atoms with van der Waals surface area (Å²) in [6, 6.07) is 0.835. The van der Waals surface area contributed by atoms with Gasteiger partial charge in [0.1, 0.15) is 0 Å². The maximum absolute atomic E-state index is 11.9. The van der Waals surface area contributed by atoms with Crippen molar-refractivity contribution in [2.24, 2.45) is 5.73 Å². The van der Waals surface area contributed by atoms with Crippen LogP contribution in [-0.2, 0) is 4.79 Å². The predicted octanol–water partition coefficient (Wildman–Crippen LogP) is 1.10. The zero-order chi connectivity index (χ0) is 12.8. The highest BCUT2D eigenvalue weighted by atomic mass is 16.2. The highest BCUT2D eigenvalue weighted by molar-refractivity contribution is 5.81. The molecular formula is C13H27N3O. The van der Waals surface area contributed by atoms with Gasteiger partial charge in [0.05, 0.1) is 6.04 Å². The number of rotatable bonds is 5. The molecule has 1 saturated carbocycles. The minimum Gasteiger partial charge on any atom is -0.355 e. The molecule has 0 aromatic rings. The second-order valence-electron chi connectivity index (χ2n) is 5.20. The molecule has 3 N–H and O–H groups in total. The lowest BCUT2D eigenvalue weighted by atomic mass is 9.90. The van der Waals surface area contributed by atoms with Crippen LogP contribution < -0.4 is 11.1 Å². The van der Waals surface area contributed by atoms with Crippen molar-refractivity contribution < 1.29 is 4.79 Å². The molecule has 0 saturated heterocycles. The molecule has 1 aliphatic rings. The topological polar surface area (TPSA) is 58.4 Å². The predicted molar refractivity (Wildman–Crippen MR) is 70.8 cm³/mol. The normalized spacial score (nSPS) is 26.9. The second-order valence-corrected chi connectivity index (χ2v) is 5.20. The van der Waals surface area contributed by atoms with E-state index in [1.54, 1.807) is 0 Å². The fourth-order valence-electron chi connectivity index (χ4n) is 2.41. The molecule has 0 aromatic carbocycles. The van der Waals surface area contributed by atoms with Crippen LogP contribution in [0.2, 0.25) is 0 Å². The van der Waals surface area contributed by atoms with Gasteiger partial charge in [-0.3, -0.25) is 9.69 Å². The lowest BCUT2D eigenvalue weighted by molar-refractivity contribution is -0.126. The molecule has 0 radical (unpaired) electrons. The summed E-state index contributed by atoms with van der Waals surface area (Å²) in [6.45, 7) is 4.82. The lowest BCUT2D eigenvalue weighted by Gasteiger charge is -2.36. The molecule has 0 heterocycles. The molecule has 0 bridgehead atoms. The van der Waals surface area contributed by atoms with Crippen LogP contribution in [0, 0.1) is 0 Å². The summed E-state index contributed by atoms with van der Waals surface area (Å²) >= 11 is 0. The Labute approximate surface area is 105 Å². The van der Waals surface area contributed by atoms with Crippen molar-refractivity contribution >= 4 is 5.91 Å². The number of nitrogens with one attached hydrogen (secondary N) is 1. The molecule has 0 aromatic heterocycles. The van der Waals surface area contributed by atoms with Gasteiger partial charge in [-0.2, -0.15) is 0 Å². The van der Waals surface area contributed by atoms with Crippen molar-refractivity contribution in [1.29, 1.82) is 0 Å². The van der Waals surface area contributed by atoms with Crippen molar-refractivity contribution in [2.45, 2.75) is 64.1 Å². The first-order chi connectivity index (χ1) is 8.06. The van der Waals surface area contributed by atoms with Crippen LogP contribution in [-0.4, -0.2) is 42.5 Å². The van der Waals surface area contributed by atoms with Crippen LogP contribution in [0.5, 0.6) is 0 Å². The Morgan fingerprint density at radius 1 is 1.41 bits per heavy atom. The first-order valence-corrected chi connectivity index (χ1v) is 6.81. The highest BCUT2D eigenvalue weighted by Gasteiger charge is 2.27. The van der Waals surface area contributed by atoms with E-state index in [2.05, 4.69) is 24.2 Å². The molecule has 1 aliphatic carbocycles. The fraction of sp³-hybridized carbons (Fsp3) is 0.923. The Morgan fingerprint density at radius 2 is 2.00 bits per heavy atom. The van der Waals surface area contributed by atoms with Gasteiger partial charge in [-0.25, -0.2) is 0 Å². The standard InChI is InChI=1S/C13H27N3O/c1-4-9-15-13(17)10(2)16(3)12-7-5-11(14)6-8-12/h10-12H,4-9,14H2,1-3H3,(H,15,17). The molecule has 0 aliphatic heterocycles. The van der Waals surface area contributed by atoms with Crippen LogP contribution in [0.15, 0.2) is 0 Å². The SMILES string of the molecule is CCCNC(=O)C(C)N(C)C1CCC(N)CC1. The molecule has 4 nitrogen and oxygen atoms in total. The molecular weight excluding hydrogens is 214 g/mol. The number of likely N-dealkylation sites (N-methyl/N-ethyl adjacent to an activating group) is 1. The summed E-state index contributed by atoms with van der Waals surface area (Å²) in [5.74, 6) is 0.143. The monoisotopic (exact) mass is 241 g/mol. The molecule has 100 valence electrons. The maximum atomic E-state index is 11.9. The van der Waals surface area contributed by atoms with E-state index >= 15 is 0 Å². The Hall–Kier alpha value is -0.610. The maximum Gasteiger partial charge on any atom is 0.237 e. The van der Waals surface area contributed by atoms with E-state index in [4.69, 9.17) is 5.73 Å². The first kappa shape index (κ1) is 14.5. The third-order valence-corrected chi connectivity index (χ3v) is 3.86. The molecule has 1 unspecified atom stereocenters. The molecule has 1 atom stereocenters. The van der Waals surface area contributed by atoms with Crippen molar-refractivity contribution in [2.75, 3.05) is 13.6 Å². The van der Waals surface area contributed by atoms with Gasteiger partial charge in [0.25, 0.3) is 0 Å². The van der Waals surface area contributed by atoms with E-state index in [1.807, 2.05) is 6.92 Å². The van der Waals surface area contributed by atoms with Gasteiger partial charge >= 0.3 is 0 Å². The molecule has 0 spiro atoms. The van der Waals surface area contributed by atoms with E-state index in [9.17, 15) is 4.79 Å². The van der Waals surface area contributed by atoms with E-state index < -0.39 is 0 Å². The van der Waals surface area contributed by atoms with Gasteiger partial charge in [0, 0.05) is 18.6 Å². The lowest BCUT2D eigenvalue weighted by Crippen LogP contribution is -2.49. The van der Waals surface area contributed by atoms with Gasteiger partial charge in [-0.1, -0.05) is 6.92 Å². The van der Waals surface area contributed by atoms with Crippen LogP contribution in [0.1, 0.15) is 46.0 Å². The number of amides is 1. The van der Waals surface area contributed by atoms with E-state index in [1.165, 1.54) is 0 Å². The van der Waals surface area contributed by atoms with Gasteiger partial charge in [-0.15, -0.1) is 0 Å². The third-order valence-electron chi connectivity index (χ3n) is 3.86. The molecule has 1 amide bonds. The average Bonchev–Trinajstić information content (AvgIpc) is 2.35. The zero-order valence-corrected chi connectivity index (χ0v) is 11.4. The Morgan fingerprint density at radius 3 is 2.53 bits per heavy atom. The van der Waals surface area contributed by atoms with Gasteiger partial charge in [0.15, 0.2) is 0 Å². The molecule has 1 rings (SSSR count). The van der Waals surface area contributed by atoms with Crippen molar-refractivity contribution in [3.63, 3.8) is 0 Å². The Balaban J connectivity index is 2.40. The number of carbonyl (C=O) groups excluding carboxylic acids is 1. The Bertz CT molecular complexity index is 237. The fourth-order valence-corrected chi connectivity index (χ4v) is 2.41. The first-order valence-electron chi connectivity index (χ1n) is 6.81. The summed E-state index contributed by atoms with van der Waals surface area (Å²) in [6.07, 6.45) is 5.38. The number of nitrogens with two attached hydrogens (primary N) is 1. The van der Waals surface area contributed by atoms with E-state index in [0.717, 1.165) is 38.6 Å². The van der Waals surface area contributed by atoms with Crippen LogP contribution in [0.25, 0.3) is 0 Å². The van der Waals surface area contributed by atoms with Crippen molar-refractivity contribution in [1.82, 2.24) is 10.2 Å². The van der Waals surface area contributed by atoms with Gasteiger partial charge in [0.2, 0.25) is 5.91 Å². The molecule has 4 heteroatoms. The second kappa shape index (κ2) is 6.97. The number of hydrogen-bond donors (Lipinski definition) is 2. The van der Waals surface area contributed by atoms with E-state index in [-0.39, 0.29) is 11.9 Å². The van der Waals surface area contributed by atoms with Crippen molar-refractivity contribution in [3.05, 3.63) is 0 Å².